The minimum absolute atomic E-state index is 0.231. The van der Waals surface area contributed by atoms with Gasteiger partial charge in [0.1, 0.15) is 11.5 Å². The summed E-state index contributed by atoms with van der Waals surface area (Å²) in [6.07, 6.45) is 2.83. The van der Waals surface area contributed by atoms with Crippen LogP contribution in [0.2, 0.25) is 0 Å². The molecule has 1 aliphatic carbocycles. The number of hydrogen-bond acceptors (Lipinski definition) is 3. The number of alkyl halides is 2. The molecule has 0 radical (unpaired) electrons. The number of fused-ring (bicyclic) bond motifs is 1. The number of rotatable bonds is 3. The monoisotopic (exact) mass is 383 g/mol. The summed E-state index contributed by atoms with van der Waals surface area (Å²) >= 11 is 0. The number of aryl methyl sites for hydroxylation is 1. The maximum Gasteiger partial charge on any atom is 0.252 e. The first-order chi connectivity index (χ1) is 13.4. The van der Waals surface area contributed by atoms with Crippen molar-refractivity contribution in [3.05, 3.63) is 60.4 Å². The minimum atomic E-state index is -2.65. The number of hydrogen-bond donors (Lipinski definition) is 0. The molecule has 3 heterocycles. The smallest absolute Gasteiger partial charge is 0.252 e. The molecule has 1 aromatic carbocycles. The second kappa shape index (κ2) is 5.92. The number of imidazole rings is 2. The Balaban J connectivity index is 1.69. The van der Waals surface area contributed by atoms with Gasteiger partial charge in [-0.15, -0.1) is 0 Å². The van der Waals surface area contributed by atoms with Crippen LogP contribution < -0.4 is 0 Å². The van der Waals surface area contributed by atoms with Crippen LogP contribution in [0, 0.1) is 12.7 Å². The Hall–Kier alpha value is -3.16. The van der Waals surface area contributed by atoms with Crippen LogP contribution in [0.3, 0.4) is 0 Å². The van der Waals surface area contributed by atoms with Crippen molar-refractivity contribution in [2.45, 2.75) is 31.7 Å². The van der Waals surface area contributed by atoms with Crippen LogP contribution in [0.4, 0.5) is 13.2 Å². The zero-order valence-electron chi connectivity index (χ0n) is 15.0. The fourth-order valence-corrected chi connectivity index (χ4v) is 3.65. The second-order valence-electron chi connectivity index (χ2n) is 7.16. The molecule has 0 aliphatic heterocycles. The summed E-state index contributed by atoms with van der Waals surface area (Å²) in [5.41, 5.74) is 4.08. The molecule has 28 heavy (non-hydrogen) atoms. The molecule has 1 saturated carbocycles. The molecule has 142 valence electrons. The van der Waals surface area contributed by atoms with Gasteiger partial charge in [-0.05, 0) is 43.3 Å². The van der Waals surface area contributed by atoms with Crippen molar-refractivity contribution in [3.63, 3.8) is 0 Å². The van der Waals surface area contributed by atoms with Gasteiger partial charge in [-0.25, -0.2) is 27.7 Å². The Bertz CT molecular complexity index is 1170. The van der Waals surface area contributed by atoms with Crippen LogP contribution in [0.15, 0.2) is 48.9 Å². The predicted octanol–water partition coefficient (Wildman–Crippen LogP) is 4.68. The molecule has 0 saturated heterocycles. The molecule has 0 N–H and O–H groups in total. The van der Waals surface area contributed by atoms with E-state index in [2.05, 4.69) is 15.1 Å². The lowest BCUT2D eigenvalue weighted by Crippen LogP contribution is -2.37. The van der Waals surface area contributed by atoms with Gasteiger partial charge < -0.3 is 4.57 Å². The van der Waals surface area contributed by atoms with Crippen molar-refractivity contribution in [2.24, 2.45) is 0 Å². The molecule has 1 aliphatic rings. The van der Waals surface area contributed by atoms with Gasteiger partial charge in [-0.1, -0.05) is 0 Å². The Kier molecular flexibility index (Phi) is 3.59. The van der Waals surface area contributed by atoms with Gasteiger partial charge in [-0.2, -0.15) is 5.10 Å². The normalized spacial score (nSPS) is 16.4. The molecule has 4 aromatic rings. The van der Waals surface area contributed by atoms with Crippen LogP contribution in [-0.2, 0) is 0 Å². The average Bonchev–Trinajstić information content (AvgIpc) is 3.24. The van der Waals surface area contributed by atoms with Crippen molar-refractivity contribution in [3.8, 4) is 22.6 Å². The largest absolute Gasteiger partial charge is 0.325 e. The zero-order valence-corrected chi connectivity index (χ0v) is 15.0. The van der Waals surface area contributed by atoms with E-state index >= 15 is 0 Å². The number of benzene rings is 1. The van der Waals surface area contributed by atoms with Gasteiger partial charge in [0.25, 0.3) is 5.92 Å². The highest BCUT2D eigenvalue weighted by Gasteiger charge is 2.47. The van der Waals surface area contributed by atoms with E-state index in [-0.39, 0.29) is 24.7 Å². The lowest BCUT2D eigenvalue weighted by atomic mass is 9.87. The molecule has 5 rings (SSSR count). The summed E-state index contributed by atoms with van der Waals surface area (Å²) in [6.45, 7) is 1.89. The molecule has 0 atom stereocenters. The molecular formula is C20H16F3N5. The van der Waals surface area contributed by atoms with E-state index in [1.807, 2.05) is 13.0 Å². The van der Waals surface area contributed by atoms with Crippen LogP contribution in [0.1, 0.15) is 24.6 Å². The van der Waals surface area contributed by atoms with Crippen molar-refractivity contribution >= 4 is 5.65 Å². The SMILES string of the molecule is Cc1cnc2ccc(-c3c(-c4ccc(F)cc4)ncn3C3CC(F)(F)C3)nn12. The van der Waals surface area contributed by atoms with E-state index in [0.717, 1.165) is 5.69 Å². The third-order valence-electron chi connectivity index (χ3n) is 5.15. The maximum atomic E-state index is 13.5. The summed E-state index contributed by atoms with van der Waals surface area (Å²) in [7, 11) is 0. The third kappa shape index (κ3) is 2.67. The van der Waals surface area contributed by atoms with E-state index in [9.17, 15) is 13.2 Å². The summed E-state index contributed by atoms with van der Waals surface area (Å²) in [5.74, 6) is -3.00. The van der Waals surface area contributed by atoms with Crippen LogP contribution in [0.5, 0.6) is 0 Å². The summed E-state index contributed by atoms with van der Waals surface area (Å²) in [6, 6.07) is 9.24. The second-order valence-corrected chi connectivity index (χ2v) is 7.16. The number of halogens is 3. The van der Waals surface area contributed by atoms with E-state index < -0.39 is 5.92 Å². The van der Waals surface area contributed by atoms with Crippen molar-refractivity contribution in [2.75, 3.05) is 0 Å². The van der Waals surface area contributed by atoms with Gasteiger partial charge in [0, 0.05) is 24.4 Å². The average molecular weight is 383 g/mol. The first-order valence-corrected chi connectivity index (χ1v) is 8.94. The first kappa shape index (κ1) is 17.0. The quantitative estimate of drug-likeness (QED) is 0.516. The Morgan fingerprint density at radius 1 is 1.04 bits per heavy atom. The first-order valence-electron chi connectivity index (χ1n) is 8.94. The molecule has 0 spiro atoms. The zero-order chi connectivity index (χ0) is 19.5. The van der Waals surface area contributed by atoms with Gasteiger partial charge in [-0.3, -0.25) is 0 Å². The molecule has 0 amide bonds. The van der Waals surface area contributed by atoms with Gasteiger partial charge in [0.15, 0.2) is 5.65 Å². The molecule has 0 unspecified atom stereocenters. The van der Waals surface area contributed by atoms with E-state index in [1.54, 1.807) is 39.8 Å². The highest BCUT2D eigenvalue weighted by atomic mass is 19.3. The molecular weight excluding hydrogens is 367 g/mol. The number of nitrogens with zero attached hydrogens (tertiary/aromatic N) is 5. The Morgan fingerprint density at radius 3 is 2.50 bits per heavy atom. The standard InChI is InChI=1S/C20H16F3N5/c1-12-10-24-17-7-6-16(26-28(12)17)19-18(13-2-4-14(21)5-3-13)25-11-27(19)15-8-20(22,23)9-15/h2-7,10-11,15H,8-9H2,1H3. The topological polar surface area (TPSA) is 48.0 Å². The third-order valence-corrected chi connectivity index (χ3v) is 5.15. The van der Waals surface area contributed by atoms with Crippen LogP contribution >= 0.6 is 0 Å². The highest BCUT2D eigenvalue weighted by molar-refractivity contribution is 5.77. The van der Waals surface area contributed by atoms with E-state index in [0.29, 0.717) is 28.3 Å². The Labute approximate surface area is 158 Å². The van der Waals surface area contributed by atoms with Crippen LogP contribution in [0.25, 0.3) is 28.3 Å². The lowest BCUT2D eigenvalue weighted by molar-refractivity contribution is -0.103. The van der Waals surface area contributed by atoms with E-state index in [4.69, 9.17) is 0 Å². The van der Waals surface area contributed by atoms with Crippen molar-refractivity contribution in [1.29, 1.82) is 0 Å². The predicted molar refractivity (Wildman–Crippen MR) is 97.6 cm³/mol. The Morgan fingerprint density at radius 2 is 1.79 bits per heavy atom. The van der Waals surface area contributed by atoms with Gasteiger partial charge in [0.2, 0.25) is 0 Å². The maximum absolute atomic E-state index is 13.5. The van der Waals surface area contributed by atoms with Crippen molar-refractivity contribution in [1.82, 2.24) is 24.1 Å². The van der Waals surface area contributed by atoms with Crippen LogP contribution in [-0.4, -0.2) is 30.1 Å². The number of aromatic nitrogens is 5. The fourth-order valence-electron chi connectivity index (χ4n) is 3.65. The molecule has 5 nitrogen and oxygen atoms in total. The van der Waals surface area contributed by atoms with E-state index in [1.165, 1.54) is 12.1 Å². The summed E-state index contributed by atoms with van der Waals surface area (Å²) in [5, 5.41) is 4.65. The highest BCUT2D eigenvalue weighted by Crippen LogP contribution is 2.47. The summed E-state index contributed by atoms with van der Waals surface area (Å²) < 4.78 is 43.8. The van der Waals surface area contributed by atoms with Gasteiger partial charge in [0.05, 0.1) is 29.6 Å². The molecule has 8 heteroatoms. The fraction of sp³-hybridized carbons (Fsp3) is 0.250. The molecule has 3 aromatic heterocycles. The minimum Gasteiger partial charge on any atom is -0.325 e. The molecule has 0 bridgehead atoms. The van der Waals surface area contributed by atoms with Gasteiger partial charge >= 0.3 is 0 Å². The molecule has 1 fully saturated rings. The summed E-state index contributed by atoms with van der Waals surface area (Å²) in [4.78, 5) is 8.74. The van der Waals surface area contributed by atoms with Crippen molar-refractivity contribution < 1.29 is 13.2 Å². The lowest BCUT2D eigenvalue weighted by Gasteiger charge is -2.36.